The Labute approximate surface area is 109 Å². The number of carbonyl (C=O) groups excluding carboxylic acids is 1. The molecule has 2 aromatic rings. The zero-order valence-corrected chi connectivity index (χ0v) is 10.4. The second-order valence-electron chi connectivity index (χ2n) is 3.63. The van der Waals surface area contributed by atoms with Crippen LogP contribution in [0.2, 0.25) is 0 Å². The minimum absolute atomic E-state index is 0.223. The third-order valence-electron chi connectivity index (χ3n) is 2.49. The Bertz CT molecular complexity index is 599. The van der Waals surface area contributed by atoms with Crippen molar-refractivity contribution in [1.82, 2.24) is 9.97 Å². The fourth-order valence-electron chi connectivity index (χ4n) is 1.57. The first-order chi connectivity index (χ1) is 9.15. The first kappa shape index (κ1) is 12.9. The summed E-state index contributed by atoms with van der Waals surface area (Å²) in [4.78, 5) is 19.4. The van der Waals surface area contributed by atoms with Gasteiger partial charge in [0.1, 0.15) is 5.75 Å². The average Bonchev–Trinajstić information content (AvgIpc) is 2.46. The summed E-state index contributed by atoms with van der Waals surface area (Å²) in [5.41, 5.74) is 0.709. The highest BCUT2D eigenvalue weighted by molar-refractivity contribution is 5.96. The molecule has 6 heteroatoms. The van der Waals surface area contributed by atoms with E-state index in [1.54, 1.807) is 18.2 Å². The lowest BCUT2D eigenvalue weighted by molar-refractivity contribution is 0.0601. The minimum atomic E-state index is -0.550. The van der Waals surface area contributed by atoms with Crippen LogP contribution in [-0.2, 0) is 4.74 Å². The maximum Gasteiger partial charge on any atom is 0.338 e. The van der Waals surface area contributed by atoms with Gasteiger partial charge in [0, 0.05) is 5.56 Å². The fourth-order valence-corrected chi connectivity index (χ4v) is 1.57. The molecule has 5 nitrogen and oxygen atoms in total. The third-order valence-corrected chi connectivity index (χ3v) is 2.49. The summed E-state index contributed by atoms with van der Waals surface area (Å²) in [7, 11) is 2.78. The van der Waals surface area contributed by atoms with Crippen molar-refractivity contribution < 1.29 is 18.7 Å². The van der Waals surface area contributed by atoms with Crippen molar-refractivity contribution in [2.45, 2.75) is 0 Å². The van der Waals surface area contributed by atoms with Crippen LogP contribution in [0.5, 0.6) is 5.75 Å². The number of halogens is 1. The SMILES string of the molecule is COC(=O)c1ccc(OC)cc1-c1ncc(F)cn1. The van der Waals surface area contributed by atoms with Gasteiger partial charge >= 0.3 is 5.97 Å². The maximum atomic E-state index is 12.8. The highest BCUT2D eigenvalue weighted by atomic mass is 19.1. The van der Waals surface area contributed by atoms with Crippen molar-refractivity contribution >= 4 is 5.97 Å². The quantitative estimate of drug-likeness (QED) is 0.792. The van der Waals surface area contributed by atoms with Crippen LogP contribution in [0, 0.1) is 5.82 Å². The van der Waals surface area contributed by atoms with Crippen LogP contribution in [0.1, 0.15) is 10.4 Å². The lowest BCUT2D eigenvalue weighted by Gasteiger charge is -2.08. The molecule has 98 valence electrons. The molecular weight excluding hydrogens is 251 g/mol. The second-order valence-corrected chi connectivity index (χ2v) is 3.63. The lowest BCUT2D eigenvalue weighted by atomic mass is 10.1. The molecule has 2 rings (SSSR count). The summed E-state index contributed by atoms with van der Waals surface area (Å²) in [6, 6.07) is 4.77. The van der Waals surface area contributed by atoms with Crippen molar-refractivity contribution in [3.63, 3.8) is 0 Å². The van der Waals surface area contributed by atoms with E-state index in [0.29, 0.717) is 11.3 Å². The van der Waals surface area contributed by atoms with Gasteiger partial charge in [-0.25, -0.2) is 19.2 Å². The summed E-state index contributed by atoms with van der Waals surface area (Å²) in [5.74, 6) is -0.312. The minimum Gasteiger partial charge on any atom is -0.497 e. The predicted octanol–water partition coefficient (Wildman–Crippen LogP) is 2.08. The Morgan fingerprint density at radius 2 is 1.89 bits per heavy atom. The standard InChI is InChI=1S/C13H11FN2O3/c1-18-9-3-4-10(13(17)19-2)11(5-9)12-15-6-8(14)7-16-12/h3-7H,1-2H3. The summed E-state index contributed by atoms with van der Waals surface area (Å²) in [6.07, 6.45) is 2.06. The average molecular weight is 262 g/mol. The van der Waals surface area contributed by atoms with Crippen LogP contribution in [-0.4, -0.2) is 30.2 Å². The largest absolute Gasteiger partial charge is 0.497 e. The van der Waals surface area contributed by atoms with Crippen LogP contribution in [0.4, 0.5) is 4.39 Å². The Morgan fingerprint density at radius 1 is 1.21 bits per heavy atom. The topological polar surface area (TPSA) is 61.3 Å². The fraction of sp³-hybridized carbons (Fsp3) is 0.154. The summed E-state index contributed by atoms with van der Waals surface area (Å²) >= 11 is 0. The van der Waals surface area contributed by atoms with E-state index in [1.807, 2.05) is 0 Å². The molecule has 0 N–H and O–H groups in total. The van der Waals surface area contributed by atoms with Gasteiger partial charge in [-0.3, -0.25) is 0 Å². The highest BCUT2D eigenvalue weighted by Gasteiger charge is 2.16. The molecule has 0 spiro atoms. The first-order valence-electron chi connectivity index (χ1n) is 5.40. The molecule has 0 bridgehead atoms. The van der Waals surface area contributed by atoms with Crippen LogP contribution < -0.4 is 4.74 Å². The van der Waals surface area contributed by atoms with Crippen LogP contribution >= 0.6 is 0 Å². The van der Waals surface area contributed by atoms with E-state index < -0.39 is 11.8 Å². The maximum absolute atomic E-state index is 12.8. The van der Waals surface area contributed by atoms with Gasteiger partial charge in [-0.15, -0.1) is 0 Å². The lowest BCUT2D eigenvalue weighted by Crippen LogP contribution is -2.05. The number of hydrogen-bond donors (Lipinski definition) is 0. The zero-order chi connectivity index (χ0) is 13.8. The molecule has 1 heterocycles. The molecule has 0 saturated heterocycles. The molecule has 1 aromatic carbocycles. The predicted molar refractivity (Wildman–Crippen MR) is 65.3 cm³/mol. The number of carbonyl (C=O) groups is 1. The number of benzene rings is 1. The first-order valence-corrected chi connectivity index (χ1v) is 5.40. The number of nitrogens with zero attached hydrogens (tertiary/aromatic N) is 2. The van der Waals surface area contributed by atoms with Crippen molar-refractivity contribution in [2.24, 2.45) is 0 Å². The van der Waals surface area contributed by atoms with Crippen molar-refractivity contribution in [3.05, 3.63) is 42.0 Å². The Kier molecular flexibility index (Phi) is 3.70. The zero-order valence-electron chi connectivity index (χ0n) is 10.4. The molecule has 0 aliphatic heterocycles. The molecule has 0 aliphatic rings. The molecule has 19 heavy (non-hydrogen) atoms. The smallest absolute Gasteiger partial charge is 0.338 e. The molecule has 0 unspecified atom stereocenters. The summed E-state index contributed by atoms with van der Waals surface area (Å²) < 4.78 is 22.6. The summed E-state index contributed by atoms with van der Waals surface area (Å²) in [6.45, 7) is 0. The van der Waals surface area contributed by atoms with E-state index in [1.165, 1.54) is 14.2 Å². The number of esters is 1. The van der Waals surface area contributed by atoms with Crippen molar-refractivity contribution in [3.8, 4) is 17.1 Å². The molecule has 0 radical (unpaired) electrons. The highest BCUT2D eigenvalue weighted by Crippen LogP contribution is 2.26. The van der Waals surface area contributed by atoms with Crippen LogP contribution in [0.15, 0.2) is 30.6 Å². The van der Waals surface area contributed by atoms with Gasteiger partial charge in [0.25, 0.3) is 0 Å². The van der Waals surface area contributed by atoms with Crippen molar-refractivity contribution in [2.75, 3.05) is 14.2 Å². The van der Waals surface area contributed by atoms with Gasteiger partial charge in [-0.2, -0.15) is 0 Å². The number of ether oxygens (including phenoxy) is 2. The van der Waals surface area contributed by atoms with Gasteiger partial charge < -0.3 is 9.47 Å². The van der Waals surface area contributed by atoms with Gasteiger partial charge in [0.15, 0.2) is 11.6 Å². The molecule has 0 atom stereocenters. The monoisotopic (exact) mass is 262 g/mol. The van der Waals surface area contributed by atoms with E-state index in [0.717, 1.165) is 12.4 Å². The van der Waals surface area contributed by atoms with E-state index in [-0.39, 0.29) is 11.4 Å². The Hall–Kier alpha value is -2.50. The molecule has 0 aliphatic carbocycles. The molecule has 0 fully saturated rings. The van der Waals surface area contributed by atoms with E-state index >= 15 is 0 Å². The second kappa shape index (κ2) is 5.43. The van der Waals surface area contributed by atoms with Crippen LogP contribution in [0.3, 0.4) is 0 Å². The number of aromatic nitrogens is 2. The number of rotatable bonds is 3. The van der Waals surface area contributed by atoms with Gasteiger partial charge in [-0.1, -0.05) is 0 Å². The van der Waals surface area contributed by atoms with Gasteiger partial charge in [-0.05, 0) is 18.2 Å². The van der Waals surface area contributed by atoms with E-state index in [4.69, 9.17) is 4.74 Å². The number of methoxy groups -OCH3 is 2. The van der Waals surface area contributed by atoms with E-state index in [9.17, 15) is 9.18 Å². The Balaban J connectivity index is 2.57. The third kappa shape index (κ3) is 2.67. The molecule has 1 aromatic heterocycles. The van der Waals surface area contributed by atoms with Gasteiger partial charge in [0.2, 0.25) is 0 Å². The number of hydrogen-bond acceptors (Lipinski definition) is 5. The van der Waals surface area contributed by atoms with Crippen LogP contribution in [0.25, 0.3) is 11.4 Å². The molecular formula is C13H11FN2O3. The molecule has 0 saturated carbocycles. The van der Waals surface area contributed by atoms with E-state index in [2.05, 4.69) is 14.7 Å². The van der Waals surface area contributed by atoms with Crippen molar-refractivity contribution in [1.29, 1.82) is 0 Å². The Morgan fingerprint density at radius 3 is 2.47 bits per heavy atom. The molecule has 0 amide bonds. The van der Waals surface area contributed by atoms with Gasteiger partial charge in [0.05, 0.1) is 32.2 Å². The summed E-state index contributed by atoms with van der Waals surface area (Å²) in [5, 5.41) is 0. The normalized spacial score (nSPS) is 10.1.